The van der Waals surface area contributed by atoms with Gasteiger partial charge in [-0.1, -0.05) is 34.1 Å². The Kier molecular flexibility index (Phi) is 4.66. The molecule has 0 heterocycles. The number of esters is 1. The molecule has 1 aromatic rings. The van der Waals surface area contributed by atoms with Crippen LogP contribution in [0.3, 0.4) is 0 Å². The minimum atomic E-state index is -0.168. The Balaban J connectivity index is 2.52. The first-order valence-electron chi connectivity index (χ1n) is 4.56. The maximum absolute atomic E-state index is 11.3. The van der Waals surface area contributed by atoms with Crippen molar-refractivity contribution in [3.8, 4) is 5.75 Å². The lowest BCUT2D eigenvalue weighted by Gasteiger charge is -2.05. The maximum Gasteiger partial charge on any atom is 0.311 e. The molecule has 76 valence electrons. The molecule has 0 fully saturated rings. The van der Waals surface area contributed by atoms with Crippen LogP contribution in [0.2, 0.25) is 0 Å². The maximum atomic E-state index is 11.3. The number of para-hydroxylation sites is 1. The van der Waals surface area contributed by atoms with Crippen LogP contribution in [0, 0.1) is 6.92 Å². The predicted octanol–water partition coefficient (Wildman–Crippen LogP) is 3.08. The van der Waals surface area contributed by atoms with Gasteiger partial charge in [-0.25, -0.2) is 0 Å². The second kappa shape index (κ2) is 5.81. The average molecular weight is 257 g/mol. The number of rotatable bonds is 4. The highest BCUT2D eigenvalue weighted by Gasteiger charge is 2.05. The monoisotopic (exact) mass is 256 g/mol. The van der Waals surface area contributed by atoms with Crippen LogP contribution in [0.4, 0.5) is 0 Å². The number of hydrogen-bond donors (Lipinski definition) is 0. The fourth-order valence-corrected chi connectivity index (χ4v) is 1.34. The van der Waals surface area contributed by atoms with Gasteiger partial charge >= 0.3 is 5.97 Å². The highest BCUT2D eigenvalue weighted by Crippen LogP contribution is 2.16. The van der Waals surface area contributed by atoms with Crippen molar-refractivity contribution in [2.45, 2.75) is 19.8 Å². The Morgan fingerprint density at radius 3 is 2.79 bits per heavy atom. The zero-order chi connectivity index (χ0) is 10.4. The molecule has 0 aliphatic carbocycles. The van der Waals surface area contributed by atoms with E-state index in [9.17, 15) is 4.79 Å². The van der Waals surface area contributed by atoms with Crippen LogP contribution in [0.25, 0.3) is 0 Å². The molecule has 1 rings (SSSR count). The Morgan fingerprint density at radius 2 is 2.14 bits per heavy atom. The number of benzene rings is 1. The molecule has 0 aliphatic heterocycles. The third kappa shape index (κ3) is 3.50. The number of ether oxygens (including phenoxy) is 1. The van der Waals surface area contributed by atoms with Crippen molar-refractivity contribution in [3.63, 3.8) is 0 Å². The molecular formula is C11H13BrO2. The first-order valence-corrected chi connectivity index (χ1v) is 5.68. The molecule has 0 atom stereocenters. The minimum absolute atomic E-state index is 0.168. The minimum Gasteiger partial charge on any atom is -0.426 e. The summed E-state index contributed by atoms with van der Waals surface area (Å²) in [6.07, 6.45) is 1.27. The summed E-state index contributed by atoms with van der Waals surface area (Å²) in [5, 5.41) is 0.829. The van der Waals surface area contributed by atoms with Crippen molar-refractivity contribution < 1.29 is 9.53 Å². The number of carbonyl (C=O) groups is 1. The Hall–Kier alpha value is -0.830. The molecule has 14 heavy (non-hydrogen) atoms. The van der Waals surface area contributed by atoms with E-state index in [1.807, 2.05) is 25.1 Å². The summed E-state index contributed by atoms with van der Waals surface area (Å²) >= 11 is 3.27. The van der Waals surface area contributed by atoms with E-state index in [0.29, 0.717) is 12.2 Å². The van der Waals surface area contributed by atoms with Crippen LogP contribution in [-0.4, -0.2) is 11.3 Å². The fourth-order valence-electron chi connectivity index (χ4n) is 1.06. The first kappa shape index (κ1) is 11.2. The molecular weight excluding hydrogens is 244 g/mol. The molecule has 0 amide bonds. The summed E-state index contributed by atoms with van der Waals surface area (Å²) in [5.41, 5.74) is 0.986. The van der Waals surface area contributed by atoms with E-state index in [-0.39, 0.29) is 5.97 Å². The smallest absolute Gasteiger partial charge is 0.311 e. The summed E-state index contributed by atoms with van der Waals surface area (Å²) in [4.78, 5) is 11.3. The van der Waals surface area contributed by atoms with Gasteiger partial charge in [0.2, 0.25) is 0 Å². The number of hydrogen-bond acceptors (Lipinski definition) is 2. The standard InChI is InChI=1S/C11H13BrO2/c1-9-5-2-3-6-10(9)14-11(13)7-4-8-12/h2-3,5-6H,4,7-8H2,1H3. The summed E-state index contributed by atoms with van der Waals surface area (Å²) in [6, 6.07) is 7.51. The van der Waals surface area contributed by atoms with E-state index >= 15 is 0 Å². The van der Waals surface area contributed by atoms with Crippen molar-refractivity contribution in [3.05, 3.63) is 29.8 Å². The Labute approximate surface area is 92.4 Å². The average Bonchev–Trinajstić information content (AvgIpc) is 2.18. The molecule has 0 unspecified atom stereocenters. The summed E-state index contributed by atoms with van der Waals surface area (Å²) < 4.78 is 5.19. The predicted molar refractivity (Wildman–Crippen MR) is 59.8 cm³/mol. The van der Waals surface area contributed by atoms with Crippen LogP contribution in [0.15, 0.2) is 24.3 Å². The van der Waals surface area contributed by atoms with Crippen LogP contribution in [-0.2, 0) is 4.79 Å². The van der Waals surface area contributed by atoms with Crippen molar-refractivity contribution >= 4 is 21.9 Å². The van der Waals surface area contributed by atoms with Crippen LogP contribution in [0.1, 0.15) is 18.4 Å². The van der Waals surface area contributed by atoms with Crippen molar-refractivity contribution in [1.29, 1.82) is 0 Å². The molecule has 0 aliphatic rings. The van der Waals surface area contributed by atoms with Crippen molar-refractivity contribution in [2.75, 3.05) is 5.33 Å². The third-order valence-electron chi connectivity index (χ3n) is 1.83. The largest absolute Gasteiger partial charge is 0.426 e. The summed E-state index contributed by atoms with van der Waals surface area (Å²) in [5.74, 6) is 0.492. The van der Waals surface area contributed by atoms with Gasteiger partial charge in [0.1, 0.15) is 5.75 Å². The van der Waals surface area contributed by atoms with Crippen LogP contribution >= 0.6 is 15.9 Å². The van der Waals surface area contributed by atoms with Gasteiger partial charge in [-0.2, -0.15) is 0 Å². The van der Waals surface area contributed by atoms with E-state index in [1.165, 1.54) is 0 Å². The van der Waals surface area contributed by atoms with Gasteiger partial charge in [0.25, 0.3) is 0 Å². The van der Waals surface area contributed by atoms with Gasteiger partial charge in [-0.3, -0.25) is 4.79 Å². The molecule has 0 spiro atoms. The molecule has 2 nitrogen and oxygen atoms in total. The van der Waals surface area contributed by atoms with Gasteiger partial charge in [-0.05, 0) is 25.0 Å². The Bertz CT molecular complexity index is 310. The van der Waals surface area contributed by atoms with E-state index in [2.05, 4.69) is 15.9 Å². The SMILES string of the molecule is Cc1ccccc1OC(=O)CCCBr. The normalized spacial score (nSPS) is 9.86. The van der Waals surface area contributed by atoms with E-state index < -0.39 is 0 Å². The van der Waals surface area contributed by atoms with Crippen molar-refractivity contribution in [2.24, 2.45) is 0 Å². The van der Waals surface area contributed by atoms with Gasteiger partial charge in [0.05, 0.1) is 0 Å². The molecule has 0 saturated heterocycles. The molecule has 0 aromatic heterocycles. The summed E-state index contributed by atoms with van der Waals surface area (Å²) in [6.45, 7) is 1.92. The molecule has 3 heteroatoms. The highest BCUT2D eigenvalue weighted by atomic mass is 79.9. The first-order chi connectivity index (χ1) is 6.74. The Morgan fingerprint density at radius 1 is 1.43 bits per heavy atom. The number of carbonyl (C=O) groups excluding carboxylic acids is 1. The molecule has 0 bridgehead atoms. The van der Waals surface area contributed by atoms with Gasteiger partial charge < -0.3 is 4.74 Å². The second-order valence-electron chi connectivity index (χ2n) is 3.03. The lowest BCUT2D eigenvalue weighted by molar-refractivity contribution is -0.134. The highest BCUT2D eigenvalue weighted by molar-refractivity contribution is 9.09. The van der Waals surface area contributed by atoms with Crippen LogP contribution < -0.4 is 4.74 Å². The zero-order valence-electron chi connectivity index (χ0n) is 8.13. The third-order valence-corrected chi connectivity index (χ3v) is 2.39. The quantitative estimate of drug-likeness (QED) is 0.470. The van der Waals surface area contributed by atoms with Gasteiger partial charge in [-0.15, -0.1) is 0 Å². The fraction of sp³-hybridized carbons (Fsp3) is 0.364. The molecule has 0 radical (unpaired) electrons. The van der Waals surface area contributed by atoms with E-state index in [1.54, 1.807) is 6.07 Å². The molecule has 0 N–H and O–H groups in total. The number of halogens is 1. The number of alkyl halides is 1. The summed E-state index contributed by atoms with van der Waals surface area (Å²) in [7, 11) is 0. The van der Waals surface area contributed by atoms with Crippen LogP contribution in [0.5, 0.6) is 5.75 Å². The van der Waals surface area contributed by atoms with E-state index in [4.69, 9.17) is 4.74 Å². The lowest BCUT2D eigenvalue weighted by Crippen LogP contribution is -2.08. The van der Waals surface area contributed by atoms with E-state index in [0.717, 1.165) is 17.3 Å². The van der Waals surface area contributed by atoms with Crippen molar-refractivity contribution in [1.82, 2.24) is 0 Å². The molecule has 0 saturated carbocycles. The lowest BCUT2D eigenvalue weighted by atomic mass is 10.2. The second-order valence-corrected chi connectivity index (χ2v) is 3.83. The van der Waals surface area contributed by atoms with Gasteiger partial charge in [0, 0.05) is 11.8 Å². The topological polar surface area (TPSA) is 26.3 Å². The van der Waals surface area contributed by atoms with Gasteiger partial charge in [0.15, 0.2) is 0 Å². The number of aryl methyl sites for hydroxylation is 1. The zero-order valence-corrected chi connectivity index (χ0v) is 9.71. The molecule has 1 aromatic carbocycles.